The van der Waals surface area contributed by atoms with Gasteiger partial charge in [-0.2, -0.15) is 5.26 Å². The first-order chi connectivity index (χ1) is 15.0. The second-order valence-electron chi connectivity index (χ2n) is 7.37. The molecule has 0 fully saturated rings. The number of carbonyl (C=O) groups excluding carboxylic acids is 2. The fourth-order valence-corrected chi connectivity index (χ4v) is 4.41. The van der Waals surface area contributed by atoms with Crippen LogP contribution in [0.4, 0.5) is 9.80 Å². The molecule has 3 heterocycles. The van der Waals surface area contributed by atoms with Crippen LogP contribution in [-0.2, 0) is 22.5 Å². The molecule has 0 spiro atoms. The first kappa shape index (κ1) is 22.5. The van der Waals surface area contributed by atoms with Crippen molar-refractivity contribution in [3.8, 4) is 6.07 Å². The third-order valence-corrected chi connectivity index (χ3v) is 5.88. The lowest BCUT2D eigenvalue weighted by Gasteiger charge is -2.26. The van der Waals surface area contributed by atoms with Gasteiger partial charge >= 0.3 is 6.09 Å². The Morgan fingerprint density at radius 3 is 3.00 bits per heavy atom. The maximum atomic E-state index is 12.4. The van der Waals surface area contributed by atoms with Crippen LogP contribution in [0.5, 0.6) is 0 Å². The number of carbonyl (C=O) groups is 2. The number of rotatable bonds is 7. The maximum Gasteiger partial charge on any atom is 0.410 e. The topological polar surface area (TPSA) is 98.6 Å². The molecule has 3 rings (SSSR count). The van der Waals surface area contributed by atoms with E-state index in [1.807, 2.05) is 25.1 Å². The molecule has 2 aromatic rings. The van der Waals surface area contributed by atoms with Gasteiger partial charge in [0.2, 0.25) is 5.91 Å². The SMILES string of the molecule is CN(C)CCCOC(=O)N1CCc2c(sc(NC(=O)/C=C/c3cccnc3)c2C#N)C1. The fourth-order valence-electron chi connectivity index (χ4n) is 3.20. The number of thiophene rings is 1. The summed E-state index contributed by atoms with van der Waals surface area (Å²) < 4.78 is 5.36. The Morgan fingerprint density at radius 2 is 2.29 bits per heavy atom. The van der Waals surface area contributed by atoms with Gasteiger partial charge < -0.3 is 19.9 Å². The van der Waals surface area contributed by atoms with Gasteiger partial charge in [-0.3, -0.25) is 9.78 Å². The Morgan fingerprint density at radius 1 is 1.45 bits per heavy atom. The minimum Gasteiger partial charge on any atom is -0.449 e. The van der Waals surface area contributed by atoms with E-state index in [2.05, 4.69) is 16.4 Å². The van der Waals surface area contributed by atoms with Crippen LogP contribution in [0.2, 0.25) is 0 Å². The molecule has 1 aliphatic heterocycles. The summed E-state index contributed by atoms with van der Waals surface area (Å²) >= 11 is 1.33. The van der Waals surface area contributed by atoms with Crippen LogP contribution in [0.25, 0.3) is 6.08 Å². The fraction of sp³-hybridized carbons (Fsp3) is 0.364. The lowest BCUT2D eigenvalue weighted by Crippen LogP contribution is -2.36. The van der Waals surface area contributed by atoms with Crippen LogP contribution in [0, 0.1) is 11.3 Å². The number of hydrogen-bond donors (Lipinski definition) is 1. The van der Waals surface area contributed by atoms with E-state index >= 15 is 0 Å². The molecule has 2 amide bonds. The van der Waals surface area contributed by atoms with E-state index in [0.717, 1.165) is 29.0 Å². The highest BCUT2D eigenvalue weighted by atomic mass is 32.1. The minimum absolute atomic E-state index is 0.323. The third-order valence-electron chi connectivity index (χ3n) is 4.75. The Bertz CT molecular complexity index is 995. The second-order valence-corrected chi connectivity index (χ2v) is 8.48. The van der Waals surface area contributed by atoms with Crippen LogP contribution < -0.4 is 5.32 Å². The summed E-state index contributed by atoms with van der Waals surface area (Å²) in [6.45, 7) is 2.09. The number of ether oxygens (including phenoxy) is 1. The van der Waals surface area contributed by atoms with E-state index in [0.29, 0.717) is 36.7 Å². The molecule has 0 aromatic carbocycles. The van der Waals surface area contributed by atoms with Crippen molar-refractivity contribution in [2.45, 2.75) is 19.4 Å². The van der Waals surface area contributed by atoms with Gasteiger partial charge in [-0.1, -0.05) is 6.07 Å². The predicted octanol–water partition coefficient (Wildman–Crippen LogP) is 3.11. The van der Waals surface area contributed by atoms with Crippen LogP contribution in [0.3, 0.4) is 0 Å². The number of fused-ring (bicyclic) bond motifs is 1. The number of nitrogens with one attached hydrogen (secondary N) is 1. The first-order valence-corrected chi connectivity index (χ1v) is 10.8. The average Bonchev–Trinajstić information content (AvgIpc) is 3.11. The first-order valence-electron chi connectivity index (χ1n) is 9.98. The highest BCUT2D eigenvalue weighted by molar-refractivity contribution is 7.16. The third kappa shape index (κ3) is 6.13. The Labute approximate surface area is 185 Å². The number of amides is 2. The van der Waals surface area contributed by atoms with Crippen molar-refractivity contribution in [3.63, 3.8) is 0 Å². The molecule has 0 aliphatic carbocycles. The monoisotopic (exact) mass is 439 g/mol. The lowest BCUT2D eigenvalue weighted by molar-refractivity contribution is -0.111. The van der Waals surface area contributed by atoms with Gasteiger partial charge in [0.15, 0.2) is 0 Å². The molecule has 1 aliphatic rings. The maximum absolute atomic E-state index is 12.4. The Kier molecular flexibility index (Phi) is 7.76. The van der Waals surface area contributed by atoms with Gasteiger partial charge in [-0.25, -0.2) is 4.79 Å². The molecule has 0 saturated heterocycles. The normalized spacial score (nSPS) is 13.2. The molecular formula is C22H25N5O3S. The summed E-state index contributed by atoms with van der Waals surface area (Å²) in [5, 5.41) is 12.9. The number of anilines is 1. The van der Waals surface area contributed by atoms with Gasteiger partial charge in [0.05, 0.1) is 18.7 Å². The van der Waals surface area contributed by atoms with Gasteiger partial charge in [0.1, 0.15) is 11.1 Å². The summed E-state index contributed by atoms with van der Waals surface area (Å²) in [4.78, 5) is 33.3. The van der Waals surface area contributed by atoms with Crippen LogP contribution in [-0.4, -0.2) is 60.6 Å². The van der Waals surface area contributed by atoms with Gasteiger partial charge in [0, 0.05) is 36.4 Å². The number of hydrogen-bond acceptors (Lipinski definition) is 7. The van der Waals surface area contributed by atoms with Crippen molar-refractivity contribution < 1.29 is 14.3 Å². The molecule has 0 bridgehead atoms. The van der Waals surface area contributed by atoms with Crippen molar-refractivity contribution >= 4 is 34.4 Å². The quantitative estimate of drug-likeness (QED) is 0.526. The zero-order valence-electron chi connectivity index (χ0n) is 17.6. The van der Waals surface area contributed by atoms with Crippen molar-refractivity contribution in [2.24, 2.45) is 0 Å². The van der Waals surface area contributed by atoms with E-state index in [4.69, 9.17) is 4.74 Å². The molecule has 8 nitrogen and oxygen atoms in total. The molecular weight excluding hydrogens is 414 g/mol. The molecule has 9 heteroatoms. The number of pyridine rings is 1. The van der Waals surface area contributed by atoms with Gasteiger partial charge in [0.25, 0.3) is 0 Å². The minimum atomic E-state index is -0.346. The summed E-state index contributed by atoms with van der Waals surface area (Å²) in [6, 6.07) is 5.83. The molecule has 0 atom stereocenters. The zero-order valence-corrected chi connectivity index (χ0v) is 18.4. The number of nitriles is 1. The highest BCUT2D eigenvalue weighted by Gasteiger charge is 2.28. The molecule has 0 radical (unpaired) electrons. The Balaban J connectivity index is 1.62. The molecule has 2 aromatic heterocycles. The molecule has 162 valence electrons. The lowest BCUT2D eigenvalue weighted by atomic mass is 10.0. The smallest absolute Gasteiger partial charge is 0.410 e. The van der Waals surface area contributed by atoms with E-state index in [1.165, 1.54) is 17.4 Å². The van der Waals surface area contributed by atoms with Crippen LogP contribution in [0.1, 0.15) is 28.0 Å². The highest BCUT2D eigenvalue weighted by Crippen LogP contribution is 2.36. The van der Waals surface area contributed by atoms with E-state index in [1.54, 1.807) is 29.4 Å². The van der Waals surface area contributed by atoms with E-state index in [9.17, 15) is 14.9 Å². The summed E-state index contributed by atoms with van der Waals surface area (Å²) in [6.07, 6.45) is 7.38. The van der Waals surface area contributed by atoms with Crippen LogP contribution >= 0.6 is 11.3 Å². The summed E-state index contributed by atoms with van der Waals surface area (Å²) in [7, 11) is 3.95. The standard InChI is InChI=1S/C22H25N5O3S/c1-26(2)10-4-12-30-22(29)27-11-8-17-18(13-23)21(31-19(17)15-27)25-20(28)7-6-16-5-3-9-24-14-16/h3,5-7,9,14H,4,8,10-12,15H2,1-2H3,(H,25,28)/b7-6+. The van der Waals surface area contributed by atoms with Crippen molar-refractivity contribution in [1.82, 2.24) is 14.8 Å². The Hall–Kier alpha value is -3.22. The van der Waals surface area contributed by atoms with E-state index in [-0.39, 0.29) is 12.0 Å². The number of aromatic nitrogens is 1. The van der Waals surface area contributed by atoms with Gasteiger partial charge in [-0.05, 0) is 50.2 Å². The van der Waals surface area contributed by atoms with Crippen molar-refractivity contribution in [1.29, 1.82) is 5.26 Å². The molecule has 0 saturated carbocycles. The second kappa shape index (κ2) is 10.7. The summed E-state index contributed by atoms with van der Waals surface area (Å²) in [5.41, 5.74) is 2.18. The molecule has 1 N–H and O–H groups in total. The number of nitrogens with zero attached hydrogens (tertiary/aromatic N) is 4. The molecule has 31 heavy (non-hydrogen) atoms. The van der Waals surface area contributed by atoms with Crippen LogP contribution in [0.15, 0.2) is 30.6 Å². The largest absolute Gasteiger partial charge is 0.449 e. The molecule has 0 unspecified atom stereocenters. The van der Waals surface area contributed by atoms with Crippen molar-refractivity contribution in [2.75, 3.05) is 39.1 Å². The average molecular weight is 440 g/mol. The summed E-state index contributed by atoms with van der Waals surface area (Å²) in [5.74, 6) is -0.323. The zero-order chi connectivity index (χ0) is 22.2. The van der Waals surface area contributed by atoms with E-state index < -0.39 is 0 Å². The van der Waals surface area contributed by atoms with Gasteiger partial charge in [-0.15, -0.1) is 11.3 Å². The van der Waals surface area contributed by atoms with Crippen molar-refractivity contribution in [3.05, 3.63) is 52.2 Å². The predicted molar refractivity (Wildman–Crippen MR) is 120 cm³/mol.